The highest BCUT2D eigenvalue weighted by atomic mass is 32.2. The summed E-state index contributed by atoms with van der Waals surface area (Å²) in [6.45, 7) is -0.184. The Morgan fingerprint density at radius 2 is 2.11 bits per heavy atom. The Morgan fingerprint density at radius 3 is 2.61 bits per heavy atom. The Kier molecular flexibility index (Phi) is 5.03. The van der Waals surface area contributed by atoms with Gasteiger partial charge in [-0.15, -0.1) is 11.8 Å². The van der Waals surface area contributed by atoms with Crippen LogP contribution >= 0.6 is 11.8 Å². The van der Waals surface area contributed by atoms with Crippen LogP contribution in [0.4, 0.5) is 13.2 Å². The van der Waals surface area contributed by atoms with Gasteiger partial charge in [-0.1, -0.05) is 6.07 Å². The summed E-state index contributed by atoms with van der Waals surface area (Å²) in [4.78, 5) is 11.3. The summed E-state index contributed by atoms with van der Waals surface area (Å²) in [7, 11) is 1.22. The predicted molar refractivity (Wildman–Crippen MR) is 62.1 cm³/mol. The minimum absolute atomic E-state index is 0.0320. The second kappa shape index (κ2) is 6.10. The lowest BCUT2D eigenvalue weighted by atomic mass is 10.1. The number of methoxy groups -OCH3 is 1. The third kappa shape index (κ3) is 3.92. The summed E-state index contributed by atoms with van der Waals surface area (Å²) in [6, 6.07) is 3.82. The van der Waals surface area contributed by atoms with E-state index < -0.39 is 17.7 Å². The van der Waals surface area contributed by atoms with E-state index in [1.807, 2.05) is 0 Å². The molecule has 0 saturated heterocycles. The van der Waals surface area contributed by atoms with Crippen LogP contribution in [0.2, 0.25) is 0 Å². The number of carbonyl (C=O) groups excluding carboxylic acids is 1. The zero-order chi connectivity index (χ0) is 13.8. The average molecular weight is 279 g/mol. The molecule has 2 N–H and O–H groups in total. The number of hydrogen-bond acceptors (Lipinski definition) is 4. The predicted octanol–water partition coefficient (Wildman–Crippen LogP) is 2.43. The van der Waals surface area contributed by atoms with Gasteiger partial charge in [0.25, 0.3) is 0 Å². The van der Waals surface area contributed by atoms with Crippen LogP contribution in [0.25, 0.3) is 0 Å². The maximum Gasteiger partial charge on any atom is 0.416 e. The van der Waals surface area contributed by atoms with E-state index in [2.05, 4.69) is 4.74 Å². The number of carbonyl (C=O) groups is 1. The van der Waals surface area contributed by atoms with Crippen LogP contribution in [0.5, 0.6) is 0 Å². The van der Waals surface area contributed by atoms with Gasteiger partial charge >= 0.3 is 12.1 Å². The van der Waals surface area contributed by atoms with Gasteiger partial charge in [0, 0.05) is 11.4 Å². The molecule has 0 fully saturated rings. The van der Waals surface area contributed by atoms with Gasteiger partial charge in [-0.3, -0.25) is 4.79 Å². The van der Waals surface area contributed by atoms with Crippen molar-refractivity contribution in [2.45, 2.75) is 17.6 Å². The summed E-state index contributed by atoms with van der Waals surface area (Å²) < 4.78 is 42.6. The van der Waals surface area contributed by atoms with Crippen molar-refractivity contribution >= 4 is 17.7 Å². The first-order valence-corrected chi connectivity index (χ1v) is 5.97. The van der Waals surface area contributed by atoms with Gasteiger partial charge in [0.1, 0.15) is 0 Å². The zero-order valence-corrected chi connectivity index (χ0v) is 10.4. The fourth-order valence-electron chi connectivity index (χ4n) is 1.29. The van der Waals surface area contributed by atoms with E-state index in [1.54, 1.807) is 0 Å². The molecule has 0 radical (unpaired) electrons. The van der Waals surface area contributed by atoms with Crippen LogP contribution in [0.1, 0.15) is 11.1 Å². The number of nitrogens with two attached hydrogens (primary N) is 1. The van der Waals surface area contributed by atoms with E-state index in [-0.39, 0.29) is 17.9 Å². The van der Waals surface area contributed by atoms with E-state index in [9.17, 15) is 18.0 Å². The summed E-state index contributed by atoms with van der Waals surface area (Å²) in [5.74, 6) is -0.521. The van der Waals surface area contributed by atoms with Gasteiger partial charge in [0.15, 0.2) is 0 Å². The summed E-state index contributed by atoms with van der Waals surface area (Å²) in [5.41, 5.74) is 4.53. The molecule has 18 heavy (non-hydrogen) atoms. The summed E-state index contributed by atoms with van der Waals surface area (Å²) >= 11 is 0.987. The van der Waals surface area contributed by atoms with Crippen molar-refractivity contribution < 1.29 is 22.7 Å². The van der Waals surface area contributed by atoms with Crippen LogP contribution in [0.15, 0.2) is 23.1 Å². The zero-order valence-electron chi connectivity index (χ0n) is 9.58. The van der Waals surface area contributed by atoms with Gasteiger partial charge in [-0.2, -0.15) is 13.2 Å². The molecule has 0 unspecified atom stereocenters. The van der Waals surface area contributed by atoms with E-state index >= 15 is 0 Å². The number of ether oxygens (including phenoxy) is 1. The van der Waals surface area contributed by atoms with E-state index in [0.29, 0.717) is 4.90 Å². The third-order valence-corrected chi connectivity index (χ3v) is 3.16. The lowest BCUT2D eigenvalue weighted by molar-refractivity contribution is -0.138. The van der Waals surface area contributed by atoms with Crippen LogP contribution in [0, 0.1) is 0 Å². The fraction of sp³-hybridized carbons (Fsp3) is 0.364. The molecule has 0 heterocycles. The lowest BCUT2D eigenvalue weighted by Gasteiger charge is -2.13. The molecule has 0 spiro atoms. The first-order chi connectivity index (χ1) is 8.38. The van der Waals surface area contributed by atoms with Gasteiger partial charge in [-0.05, 0) is 17.7 Å². The molecule has 1 aromatic carbocycles. The molecular formula is C11H12F3NO2S. The standard InChI is InChI=1S/C11H12F3NO2S/c1-17-10(16)6-18-8-3-2-7(5-15)9(4-8)11(12,13)14/h2-4H,5-6,15H2,1H3. The number of halogens is 3. The van der Waals surface area contributed by atoms with Crippen molar-refractivity contribution in [2.24, 2.45) is 5.73 Å². The highest BCUT2D eigenvalue weighted by Gasteiger charge is 2.33. The molecule has 0 atom stereocenters. The van der Waals surface area contributed by atoms with Crippen LogP contribution in [-0.4, -0.2) is 18.8 Å². The molecule has 100 valence electrons. The van der Waals surface area contributed by atoms with Crippen LogP contribution in [0.3, 0.4) is 0 Å². The van der Waals surface area contributed by atoms with Crippen molar-refractivity contribution in [1.82, 2.24) is 0 Å². The maximum atomic E-state index is 12.7. The van der Waals surface area contributed by atoms with Crippen molar-refractivity contribution in [2.75, 3.05) is 12.9 Å². The summed E-state index contributed by atoms with van der Waals surface area (Å²) in [5, 5.41) is 0. The van der Waals surface area contributed by atoms with Gasteiger partial charge in [0.2, 0.25) is 0 Å². The normalized spacial score (nSPS) is 11.4. The lowest BCUT2D eigenvalue weighted by Crippen LogP contribution is -2.12. The first kappa shape index (κ1) is 14.8. The second-order valence-electron chi connectivity index (χ2n) is 3.39. The SMILES string of the molecule is COC(=O)CSc1ccc(CN)c(C(F)(F)F)c1. The Morgan fingerprint density at radius 1 is 1.44 bits per heavy atom. The third-order valence-electron chi connectivity index (χ3n) is 2.19. The van der Waals surface area contributed by atoms with E-state index in [0.717, 1.165) is 17.8 Å². The minimum atomic E-state index is -4.45. The molecular weight excluding hydrogens is 267 g/mol. The molecule has 3 nitrogen and oxygen atoms in total. The Balaban J connectivity index is 2.93. The number of hydrogen-bond donors (Lipinski definition) is 1. The van der Waals surface area contributed by atoms with Gasteiger partial charge in [0.05, 0.1) is 18.4 Å². The smallest absolute Gasteiger partial charge is 0.416 e. The van der Waals surface area contributed by atoms with Crippen LogP contribution < -0.4 is 5.73 Å². The molecule has 1 aromatic rings. The molecule has 1 rings (SSSR count). The highest BCUT2D eigenvalue weighted by Crippen LogP contribution is 2.34. The Hall–Kier alpha value is -1.21. The Labute approximate surface area is 106 Å². The summed E-state index contributed by atoms with van der Waals surface area (Å²) in [6.07, 6.45) is -4.45. The van der Waals surface area contributed by atoms with Gasteiger partial charge in [-0.25, -0.2) is 0 Å². The molecule has 0 bridgehead atoms. The van der Waals surface area contributed by atoms with Crippen molar-refractivity contribution in [3.8, 4) is 0 Å². The molecule has 7 heteroatoms. The number of benzene rings is 1. The topological polar surface area (TPSA) is 52.3 Å². The van der Waals surface area contributed by atoms with Crippen molar-refractivity contribution in [1.29, 1.82) is 0 Å². The second-order valence-corrected chi connectivity index (χ2v) is 4.43. The molecule has 0 aliphatic rings. The molecule has 0 aliphatic heterocycles. The minimum Gasteiger partial charge on any atom is -0.468 e. The van der Waals surface area contributed by atoms with Gasteiger partial charge < -0.3 is 10.5 Å². The number of thioether (sulfide) groups is 1. The molecule has 0 aromatic heterocycles. The molecule has 0 saturated carbocycles. The average Bonchev–Trinajstić information content (AvgIpc) is 2.34. The first-order valence-electron chi connectivity index (χ1n) is 4.98. The number of rotatable bonds is 4. The quantitative estimate of drug-likeness (QED) is 0.679. The van der Waals surface area contributed by atoms with E-state index in [1.165, 1.54) is 19.2 Å². The Bertz CT molecular complexity index is 435. The van der Waals surface area contributed by atoms with E-state index in [4.69, 9.17) is 5.73 Å². The maximum absolute atomic E-state index is 12.7. The number of esters is 1. The highest BCUT2D eigenvalue weighted by molar-refractivity contribution is 8.00. The molecule has 0 amide bonds. The number of alkyl halides is 3. The largest absolute Gasteiger partial charge is 0.468 e. The van der Waals surface area contributed by atoms with Crippen molar-refractivity contribution in [3.63, 3.8) is 0 Å². The molecule has 0 aliphatic carbocycles. The monoisotopic (exact) mass is 279 g/mol. The van der Waals surface area contributed by atoms with Crippen molar-refractivity contribution in [3.05, 3.63) is 29.3 Å². The fourth-order valence-corrected chi connectivity index (χ4v) is 2.06. The van der Waals surface area contributed by atoms with Crippen LogP contribution in [-0.2, 0) is 22.3 Å².